The van der Waals surface area contributed by atoms with Crippen LogP contribution in [0.1, 0.15) is 0 Å². The zero-order valence-corrected chi connectivity index (χ0v) is 13.2. The van der Waals surface area contributed by atoms with Crippen molar-refractivity contribution in [3.63, 3.8) is 0 Å². The van der Waals surface area contributed by atoms with Gasteiger partial charge in [-0.15, -0.1) is 0 Å². The third-order valence-electron chi connectivity index (χ3n) is 2.51. The second kappa shape index (κ2) is 7.39. The predicted molar refractivity (Wildman–Crippen MR) is 78.8 cm³/mol. The maximum atomic E-state index is 13.1. The molecule has 2 rings (SSSR count). The van der Waals surface area contributed by atoms with Crippen molar-refractivity contribution in [2.45, 2.75) is 24.5 Å². The van der Waals surface area contributed by atoms with Crippen LogP contribution in [0.4, 0.5) is 19.4 Å². The molecule has 0 saturated carbocycles. The van der Waals surface area contributed by atoms with Gasteiger partial charge in [0.05, 0.1) is 80.3 Å². The number of benzene rings is 2. The summed E-state index contributed by atoms with van der Waals surface area (Å²) < 4.78 is 65.2. The van der Waals surface area contributed by atoms with E-state index in [1.165, 1.54) is 18.2 Å². The first kappa shape index (κ1) is 16.5. The predicted octanol–water partition coefficient (Wildman–Crippen LogP) is 7.72. The van der Waals surface area contributed by atoms with Crippen molar-refractivity contribution in [2.75, 3.05) is 0 Å². The van der Waals surface area contributed by atoms with Gasteiger partial charge < -0.3 is 0 Å². The second-order valence-electron chi connectivity index (χ2n) is 3.38. The van der Waals surface area contributed by atoms with Crippen LogP contribution in [-0.2, 0) is 0 Å². The molecule has 0 saturated heterocycles. The number of fused-ring (bicyclic) bond motifs is 1. The van der Waals surface area contributed by atoms with Gasteiger partial charge in [-0.1, -0.05) is 12.1 Å². The molecule has 0 amide bonds. The zero-order valence-electron chi connectivity index (χ0n) is 9.16. The minimum atomic E-state index is -0.399. The standard InChI is InChI=1S/C10H3F5S5/c11-16-5-3-1-2-4-6(5)8(18-13)10(20-15)9(19-14)7(4)17-12/h1-3H. The molecule has 0 aromatic heterocycles. The van der Waals surface area contributed by atoms with Crippen molar-refractivity contribution in [3.8, 4) is 0 Å². The van der Waals surface area contributed by atoms with Crippen LogP contribution in [0.2, 0.25) is 0 Å². The summed E-state index contributed by atoms with van der Waals surface area (Å²) in [5.41, 5.74) is 0. The topological polar surface area (TPSA) is 0 Å². The molecule has 0 unspecified atom stereocenters. The van der Waals surface area contributed by atoms with Crippen LogP contribution in [-0.4, -0.2) is 0 Å². The molecule has 2 aromatic carbocycles. The molecule has 0 atom stereocenters. The first-order valence-corrected chi connectivity index (χ1v) is 8.37. The summed E-state index contributed by atoms with van der Waals surface area (Å²) in [6, 6.07) is 4.20. The van der Waals surface area contributed by atoms with E-state index in [9.17, 15) is 19.4 Å². The van der Waals surface area contributed by atoms with E-state index < -0.39 is 12.1 Å². The summed E-state index contributed by atoms with van der Waals surface area (Å²) in [4.78, 5) is -1.17. The van der Waals surface area contributed by atoms with E-state index >= 15 is 0 Å². The van der Waals surface area contributed by atoms with Gasteiger partial charge in [-0.25, -0.2) is 0 Å². The van der Waals surface area contributed by atoms with Gasteiger partial charge in [0.2, 0.25) is 0 Å². The molecule has 0 fully saturated rings. The maximum Gasteiger partial charge on any atom is 0.0838 e. The van der Waals surface area contributed by atoms with Crippen LogP contribution in [0.3, 0.4) is 0 Å². The Morgan fingerprint density at radius 3 is 1.65 bits per heavy atom. The van der Waals surface area contributed by atoms with Crippen molar-refractivity contribution < 1.29 is 19.4 Å². The molecular formula is C10H3F5S5. The molecule has 0 N–H and O–H groups in total. The van der Waals surface area contributed by atoms with Crippen LogP contribution in [0.5, 0.6) is 0 Å². The van der Waals surface area contributed by atoms with Crippen molar-refractivity contribution in [2.24, 2.45) is 0 Å². The summed E-state index contributed by atoms with van der Waals surface area (Å²) in [6.07, 6.45) is 0. The quantitative estimate of drug-likeness (QED) is 0.487. The zero-order chi connectivity index (χ0) is 14.7. The minimum absolute atomic E-state index is 0.0173. The Balaban J connectivity index is 3.01. The first-order chi connectivity index (χ1) is 9.73. The Hall–Kier alpha value is 0.1000. The van der Waals surface area contributed by atoms with Crippen LogP contribution in [0.15, 0.2) is 42.7 Å². The summed E-state index contributed by atoms with van der Waals surface area (Å²) in [5, 5.41) is 0.170. The third-order valence-corrected chi connectivity index (χ3v) is 5.67. The molecule has 20 heavy (non-hydrogen) atoms. The van der Waals surface area contributed by atoms with Gasteiger partial charge in [0.25, 0.3) is 0 Å². The molecular weight excluding hydrogens is 375 g/mol. The van der Waals surface area contributed by atoms with E-state index in [-0.39, 0.29) is 83.8 Å². The Morgan fingerprint density at radius 2 is 1.15 bits per heavy atom. The van der Waals surface area contributed by atoms with E-state index in [1.54, 1.807) is 0 Å². The Labute approximate surface area is 133 Å². The number of rotatable bonds is 5. The monoisotopic (exact) mass is 378 g/mol. The van der Waals surface area contributed by atoms with Gasteiger partial charge in [0.15, 0.2) is 0 Å². The van der Waals surface area contributed by atoms with Crippen LogP contribution < -0.4 is 0 Å². The largest absolute Gasteiger partial charge is 0.160 e. The first-order valence-electron chi connectivity index (χ1n) is 4.79. The van der Waals surface area contributed by atoms with Crippen LogP contribution in [0, 0.1) is 0 Å². The minimum Gasteiger partial charge on any atom is -0.160 e. The lowest BCUT2D eigenvalue weighted by molar-refractivity contribution is 0.867. The molecule has 0 bridgehead atoms. The highest BCUT2D eigenvalue weighted by atomic mass is 32.2. The van der Waals surface area contributed by atoms with Gasteiger partial charge >= 0.3 is 0 Å². The SMILES string of the molecule is FSc1c(SF)c(SF)c2c(SF)cccc2c1SF. The molecule has 0 aliphatic carbocycles. The highest BCUT2D eigenvalue weighted by Gasteiger charge is 2.24. The highest BCUT2D eigenvalue weighted by molar-refractivity contribution is 8.00. The molecule has 108 valence electrons. The van der Waals surface area contributed by atoms with Gasteiger partial charge in [0, 0.05) is 15.7 Å². The average Bonchev–Trinajstić information content (AvgIpc) is 2.51. The van der Waals surface area contributed by atoms with Crippen molar-refractivity contribution in [1.29, 1.82) is 0 Å². The number of hydrogen-bond donors (Lipinski definition) is 0. The van der Waals surface area contributed by atoms with Crippen molar-refractivity contribution in [3.05, 3.63) is 18.2 Å². The smallest absolute Gasteiger partial charge is 0.0838 e. The number of halogens is 5. The van der Waals surface area contributed by atoms with E-state index in [0.29, 0.717) is 0 Å². The fraction of sp³-hybridized carbons (Fsp3) is 0. The summed E-state index contributed by atoms with van der Waals surface area (Å²) in [7, 11) is 0. The van der Waals surface area contributed by atoms with E-state index in [2.05, 4.69) is 0 Å². The second-order valence-corrected chi connectivity index (χ2v) is 6.23. The lowest BCUT2D eigenvalue weighted by Gasteiger charge is -2.14. The lowest BCUT2D eigenvalue weighted by atomic mass is 10.1. The molecule has 0 aliphatic rings. The Kier molecular flexibility index (Phi) is 6.09. The van der Waals surface area contributed by atoms with Crippen molar-refractivity contribution in [1.82, 2.24) is 0 Å². The van der Waals surface area contributed by atoms with Crippen molar-refractivity contribution >= 4 is 71.5 Å². The molecule has 10 heteroatoms. The fourth-order valence-electron chi connectivity index (χ4n) is 1.75. The van der Waals surface area contributed by atoms with Gasteiger partial charge in [0.1, 0.15) is 0 Å². The molecule has 0 radical (unpaired) electrons. The van der Waals surface area contributed by atoms with Gasteiger partial charge in [-0.3, -0.25) is 0 Å². The molecule has 0 spiro atoms. The van der Waals surface area contributed by atoms with Gasteiger partial charge in [-0.2, -0.15) is 19.4 Å². The van der Waals surface area contributed by atoms with E-state index in [0.717, 1.165) is 0 Å². The highest BCUT2D eigenvalue weighted by Crippen LogP contribution is 2.52. The summed E-state index contributed by atoms with van der Waals surface area (Å²) in [5.74, 6) is 0. The van der Waals surface area contributed by atoms with Crippen LogP contribution in [0.25, 0.3) is 10.8 Å². The van der Waals surface area contributed by atoms with Gasteiger partial charge in [-0.05, 0) is 6.07 Å². The fourth-order valence-corrected chi connectivity index (χ4v) is 4.52. The molecule has 0 nitrogen and oxygen atoms in total. The lowest BCUT2D eigenvalue weighted by Crippen LogP contribution is -1.90. The molecule has 2 aromatic rings. The summed E-state index contributed by atoms with van der Waals surface area (Å²) >= 11 is -1.55. The molecule has 0 heterocycles. The Morgan fingerprint density at radius 1 is 0.600 bits per heavy atom. The Bertz CT molecular complexity index is 635. The van der Waals surface area contributed by atoms with Crippen LogP contribution >= 0.6 is 60.7 Å². The summed E-state index contributed by atoms with van der Waals surface area (Å²) in [6.45, 7) is 0. The average molecular weight is 378 g/mol. The third kappa shape index (κ3) is 2.72. The normalized spacial score (nSPS) is 11.2. The molecule has 0 aliphatic heterocycles. The maximum absolute atomic E-state index is 13.1. The van der Waals surface area contributed by atoms with E-state index in [1.807, 2.05) is 0 Å². The van der Waals surface area contributed by atoms with E-state index in [4.69, 9.17) is 0 Å². The number of hydrogen-bond acceptors (Lipinski definition) is 5.